The summed E-state index contributed by atoms with van der Waals surface area (Å²) in [4.78, 5) is 0. The fourth-order valence-electron chi connectivity index (χ4n) is 1.19. The van der Waals surface area contributed by atoms with Crippen LogP contribution in [0.5, 0.6) is 0 Å². The molecule has 2 nitrogen and oxygen atoms in total. The quantitative estimate of drug-likeness (QED) is 0.707. The van der Waals surface area contributed by atoms with Gasteiger partial charge in [0.2, 0.25) is 0 Å². The van der Waals surface area contributed by atoms with Gasteiger partial charge >= 0.3 is 0 Å². The van der Waals surface area contributed by atoms with Crippen molar-refractivity contribution >= 4 is 11.6 Å². The highest BCUT2D eigenvalue weighted by molar-refractivity contribution is 6.29. The molecule has 0 spiro atoms. The first-order chi connectivity index (χ1) is 5.77. The van der Waals surface area contributed by atoms with Crippen molar-refractivity contribution in [2.24, 2.45) is 0 Å². The summed E-state index contributed by atoms with van der Waals surface area (Å²) in [6, 6.07) is 1.96. The van der Waals surface area contributed by atoms with Crippen molar-refractivity contribution in [1.82, 2.24) is 9.78 Å². The first-order valence-electron chi connectivity index (χ1n) is 4.50. The zero-order chi connectivity index (χ0) is 8.97. The summed E-state index contributed by atoms with van der Waals surface area (Å²) in [5, 5.41) is 5.14. The Kier molecular flexibility index (Phi) is 3.60. The third-order valence-corrected chi connectivity index (χ3v) is 2.03. The number of rotatable bonds is 4. The van der Waals surface area contributed by atoms with Crippen LogP contribution in [-0.4, -0.2) is 9.78 Å². The van der Waals surface area contributed by atoms with Crippen molar-refractivity contribution in [2.75, 3.05) is 0 Å². The van der Waals surface area contributed by atoms with Crippen molar-refractivity contribution in [3.8, 4) is 0 Å². The number of halogens is 1. The van der Waals surface area contributed by atoms with Gasteiger partial charge in [-0.05, 0) is 18.9 Å². The molecule has 3 heteroatoms. The Morgan fingerprint density at radius 2 is 2.17 bits per heavy atom. The van der Waals surface area contributed by atoms with Gasteiger partial charge in [0, 0.05) is 6.54 Å². The molecular formula is C9H15ClN2. The standard InChI is InChI=1S/C9H15ClN2/c1-3-5-8-7-9(10)12(11-8)6-4-2/h7H,3-6H2,1-2H3. The topological polar surface area (TPSA) is 17.8 Å². The second-order valence-electron chi connectivity index (χ2n) is 2.93. The molecular weight excluding hydrogens is 172 g/mol. The van der Waals surface area contributed by atoms with E-state index in [1.807, 2.05) is 10.7 Å². The molecule has 0 unspecified atom stereocenters. The van der Waals surface area contributed by atoms with Crippen LogP contribution in [-0.2, 0) is 13.0 Å². The van der Waals surface area contributed by atoms with Gasteiger partial charge in [0.25, 0.3) is 0 Å². The van der Waals surface area contributed by atoms with Gasteiger partial charge in [-0.3, -0.25) is 4.68 Å². The predicted octanol–water partition coefficient (Wildman–Crippen LogP) is 2.90. The predicted molar refractivity (Wildman–Crippen MR) is 51.5 cm³/mol. The van der Waals surface area contributed by atoms with Crippen molar-refractivity contribution in [3.05, 3.63) is 16.9 Å². The lowest BCUT2D eigenvalue weighted by atomic mass is 10.3. The van der Waals surface area contributed by atoms with Crippen molar-refractivity contribution in [3.63, 3.8) is 0 Å². The maximum Gasteiger partial charge on any atom is 0.127 e. The Morgan fingerprint density at radius 1 is 1.42 bits per heavy atom. The van der Waals surface area contributed by atoms with Gasteiger partial charge in [0.1, 0.15) is 5.15 Å². The van der Waals surface area contributed by atoms with E-state index >= 15 is 0 Å². The Labute approximate surface area is 78.5 Å². The van der Waals surface area contributed by atoms with E-state index in [2.05, 4.69) is 18.9 Å². The van der Waals surface area contributed by atoms with Crippen LogP contribution in [0.25, 0.3) is 0 Å². The molecule has 1 aromatic heterocycles. The molecule has 0 aliphatic rings. The molecule has 0 radical (unpaired) electrons. The minimum Gasteiger partial charge on any atom is -0.254 e. The van der Waals surface area contributed by atoms with Gasteiger partial charge in [0.15, 0.2) is 0 Å². The van der Waals surface area contributed by atoms with E-state index < -0.39 is 0 Å². The summed E-state index contributed by atoms with van der Waals surface area (Å²) < 4.78 is 1.87. The maximum absolute atomic E-state index is 5.96. The van der Waals surface area contributed by atoms with Crippen LogP contribution in [0, 0.1) is 0 Å². The summed E-state index contributed by atoms with van der Waals surface area (Å²) in [6.07, 6.45) is 3.23. The molecule has 0 saturated heterocycles. The van der Waals surface area contributed by atoms with Crippen molar-refractivity contribution in [2.45, 2.75) is 39.7 Å². The number of hydrogen-bond acceptors (Lipinski definition) is 1. The summed E-state index contributed by atoms with van der Waals surface area (Å²) in [7, 11) is 0. The van der Waals surface area contributed by atoms with Crippen LogP contribution in [0.15, 0.2) is 6.07 Å². The molecule has 0 saturated carbocycles. The number of aromatic nitrogens is 2. The Hall–Kier alpha value is -0.500. The highest BCUT2D eigenvalue weighted by atomic mass is 35.5. The molecule has 0 bridgehead atoms. The highest BCUT2D eigenvalue weighted by Crippen LogP contribution is 2.12. The lowest BCUT2D eigenvalue weighted by Gasteiger charge is -1.97. The van der Waals surface area contributed by atoms with E-state index in [1.54, 1.807) is 0 Å². The smallest absolute Gasteiger partial charge is 0.127 e. The number of nitrogens with zero attached hydrogens (tertiary/aromatic N) is 2. The van der Waals surface area contributed by atoms with Crippen LogP contribution in [0.3, 0.4) is 0 Å². The average Bonchev–Trinajstić information content (AvgIpc) is 2.34. The monoisotopic (exact) mass is 186 g/mol. The molecule has 12 heavy (non-hydrogen) atoms. The molecule has 68 valence electrons. The largest absolute Gasteiger partial charge is 0.254 e. The lowest BCUT2D eigenvalue weighted by molar-refractivity contribution is 0.593. The summed E-state index contributed by atoms with van der Waals surface area (Å²) >= 11 is 5.96. The third-order valence-electron chi connectivity index (χ3n) is 1.72. The minimum absolute atomic E-state index is 0.764. The molecule has 1 rings (SSSR count). The van der Waals surface area contributed by atoms with E-state index in [0.717, 1.165) is 36.7 Å². The van der Waals surface area contributed by atoms with Crippen LogP contribution in [0.1, 0.15) is 32.4 Å². The van der Waals surface area contributed by atoms with Crippen LogP contribution in [0.4, 0.5) is 0 Å². The van der Waals surface area contributed by atoms with Gasteiger partial charge < -0.3 is 0 Å². The van der Waals surface area contributed by atoms with Crippen LogP contribution in [0.2, 0.25) is 5.15 Å². The molecule has 1 aromatic rings. The van der Waals surface area contributed by atoms with E-state index in [1.165, 1.54) is 0 Å². The second kappa shape index (κ2) is 4.51. The SMILES string of the molecule is CCCc1cc(Cl)n(CCC)n1. The summed E-state index contributed by atoms with van der Waals surface area (Å²) in [5.74, 6) is 0. The minimum atomic E-state index is 0.764. The molecule has 0 aromatic carbocycles. The number of hydrogen-bond donors (Lipinski definition) is 0. The first kappa shape index (κ1) is 9.59. The van der Waals surface area contributed by atoms with Gasteiger partial charge in [-0.25, -0.2) is 0 Å². The molecule has 1 heterocycles. The third kappa shape index (κ3) is 2.24. The van der Waals surface area contributed by atoms with Gasteiger partial charge in [0.05, 0.1) is 5.69 Å². The highest BCUT2D eigenvalue weighted by Gasteiger charge is 2.03. The lowest BCUT2D eigenvalue weighted by Crippen LogP contribution is -1.99. The van der Waals surface area contributed by atoms with Crippen LogP contribution >= 0.6 is 11.6 Å². The fourth-order valence-corrected chi connectivity index (χ4v) is 1.44. The first-order valence-corrected chi connectivity index (χ1v) is 4.88. The molecule has 0 aliphatic carbocycles. The van der Waals surface area contributed by atoms with E-state index in [0.29, 0.717) is 0 Å². The second-order valence-corrected chi connectivity index (χ2v) is 3.32. The Morgan fingerprint density at radius 3 is 2.75 bits per heavy atom. The molecule has 0 atom stereocenters. The zero-order valence-electron chi connectivity index (χ0n) is 7.68. The summed E-state index contributed by atoms with van der Waals surface area (Å²) in [5.41, 5.74) is 1.11. The van der Waals surface area contributed by atoms with Crippen molar-refractivity contribution in [1.29, 1.82) is 0 Å². The molecule has 0 amide bonds. The zero-order valence-corrected chi connectivity index (χ0v) is 8.43. The Bertz CT molecular complexity index is 243. The van der Waals surface area contributed by atoms with E-state index in [-0.39, 0.29) is 0 Å². The molecule has 0 aliphatic heterocycles. The van der Waals surface area contributed by atoms with Crippen molar-refractivity contribution < 1.29 is 0 Å². The Balaban J connectivity index is 2.70. The number of aryl methyl sites for hydroxylation is 2. The average molecular weight is 187 g/mol. The molecule has 0 N–H and O–H groups in total. The van der Waals surface area contributed by atoms with E-state index in [9.17, 15) is 0 Å². The van der Waals surface area contributed by atoms with Gasteiger partial charge in [-0.1, -0.05) is 31.9 Å². The van der Waals surface area contributed by atoms with Gasteiger partial charge in [-0.15, -0.1) is 0 Å². The molecule has 0 fully saturated rings. The summed E-state index contributed by atoms with van der Waals surface area (Å²) in [6.45, 7) is 5.19. The van der Waals surface area contributed by atoms with Gasteiger partial charge in [-0.2, -0.15) is 5.10 Å². The van der Waals surface area contributed by atoms with Crippen LogP contribution < -0.4 is 0 Å². The normalized spacial score (nSPS) is 10.6. The fraction of sp³-hybridized carbons (Fsp3) is 0.667. The van der Waals surface area contributed by atoms with E-state index in [4.69, 9.17) is 11.6 Å². The maximum atomic E-state index is 5.96.